The van der Waals surface area contributed by atoms with Gasteiger partial charge in [0.2, 0.25) is 0 Å². The highest BCUT2D eigenvalue weighted by molar-refractivity contribution is 4.72. The number of nitrogens with two attached hydrogens (primary N) is 2. The van der Waals surface area contributed by atoms with Crippen molar-refractivity contribution in [1.29, 1.82) is 0 Å². The summed E-state index contributed by atoms with van der Waals surface area (Å²) in [6, 6.07) is 0.870. The van der Waals surface area contributed by atoms with Crippen LogP contribution in [0.1, 0.15) is 12.8 Å². The minimum absolute atomic E-state index is 0.435. The zero-order chi connectivity index (χ0) is 8.81. The molecule has 12 heavy (non-hydrogen) atoms. The third kappa shape index (κ3) is 4.01. The van der Waals surface area contributed by atoms with E-state index in [9.17, 15) is 0 Å². The van der Waals surface area contributed by atoms with Gasteiger partial charge in [0.1, 0.15) is 0 Å². The fourth-order valence-corrected chi connectivity index (χ4v) is 1.35. The second-order valence-corrected chi connectivity index (χ2v) is 3.51. The van der Waals surface area contributed by atoms with Gasteiger partial charge in [-0.15, -0.1) is 0 Å². The molecule has 0 saturated carbocycles. The zero-order valence-electron chi connectivity index (χ0n) is 7.55. The minimum Gasteiger partial charge on any atom is -0.327 e. The Morgan fingerprint density at radius 3 is 1.33 bits per heavy atom. The van der Waals surface area contributed by atoms with E-state index in [0.717, 1.165) is 39.0 Å². The van der Waals surface area contributed by atoms with E-state index in [-0.39, 0.29) is 0 Å². The third-order valence-electron chi connectivity index (χ3n) is 2.20. The Kier molecular flexibility index (Phi) is 4.53. The normalized spacial score (nSPS) is 34.5. The first-order valence-corrected chi connectivity index (χ1v) is 4.71. The van der Waals surface area contributed by atoms with E-state index in [1.165, 1.54) is 0 Å². The molecule has 2 aliphatic rings. The van der Waals surface area contributed by atoms with Gasteiger partial charge >= 0.3 is 0 Å². The lowest BCUT2D eigenvalue weighted by molar-refractivity contribution is 0.742. The van der Waals surface area contributed by atoms with E-state index < -0.39 is 0 Å². The van der Waals surface area contributed by atoms with Crippen molar-refractivity contribution in [2.24, 2.45) is 11.5 Å². The second kappa shape index (κ2) is 5.48. The molecule has 2 fully saturated rings. The summed E-state index contributed by atoms with van der Waals surface area (Å²) in [6.07, 6.45) is 2.31. The molecule has 2 aliphatic heterocycles. The summed E-state index contributed by atoms with van der Waals surface area (Å²) in [7, 11) is 0. The van der Waals surface area contributed by atoms with E-state index in [1.54, 1.807) is 0 Å². The van der Waals surface area contributed by atoms with Gasteiger partial charge in [-0.25, -0.2) is 0 Å². The average molecular weight is 172 g/mol. The Morgan fingerprint density at radius 1 is 0.833 bits per heavy atom. The standard InChI is InChI=1S/2C4H10N2/c2*5-4-1-2-6-3-4/h2*4,6H,1-3,5H2. The quantitative estimate of drug-likeness (QED) is 0.363. The molecule has 2 atom stereocenters. The first-order chi connectivity index (χ1) is 5.79. The summed E-state index contributed by atoms with van der Waals surface area (Å²) in [4.78, 5) is 0. The highest BCUT2D eigenvalue weighted by Gasteiger charge is 2.06. The fourth-order valence-electron chi connectivity index (χ4n) is 1.35. The summed E-state index contributed by atoms with van der Waals surface area (Å²) in [6.45, 7) is 4.25. The molecule has 2 rings (SSSR count). The smallest absolute Gasteiger partial charge is 0.0177 e. The monoisotopic (exact) mass is 172 g/mol. The lowest BCUT2D eigenvalue weighted by atomic mass is 10.3. The second-order valence-electron chi connectivity index (χ2n) is 3.51. The SMILES string of the molecule is NC1CCNC1.NC1CCNC1. The van der Waals surface area contributed by atoms with E-state index in [4.69, 9.17) is 11.5 Å². The zero-order valence-corrected chi connectivity index (χ0v) is 7.55. The minimum atomic E-state index is 0.435. The van der Waals surface area contributed by atoms with Gasteiger partial charge in [0.05, 0.1) is 0 Å². The Bertz CT molecular complexity index is 91.6. The van der Waals surface area contributed by atoms with E-state index >= 15 is 0 Å². The fraction of sp³-hybridized carbons (Fsp3) is 1.00. The van der Waals surface area contributed by atoms with Crippen LogP contribution in [0.15, 0.2) is 0 Å². The first-order valence-electron chi connectivity index (χ1n) is 4.71. The Morgan fingerprint density at radius 2 is 1.25 bits per heavy atom. The Balaban J connectivity index is 0.000000120. The van der Waals surface area contributed by atoms with Crippen LogP contribution >= 0.6 is 0 Å². The van der Waals surface area contributed by atoms with E-state index in [1.807, 2.05) is 0 Å². The number of hydrogen-bond donors (Lipinski definition) is 4. The van der Waals surface area contributed by atoms with Crippen molar-refractivity contribution in [3.63, 3.8) is 0 Å². The van der Waals surface area contributed by atoms with Crippen molar-refractivity contribution in [2.75, 3.05) is 26.2 Å². The molecular formula is C8H20N4. The molecule has 0 amide bonds. The van der Waals surface area contributed by atoms with Crippen LogP contribution in [0.25, 0.3) is 0 Å². The summed E-state index contributed by atoms with van der Waals surface area (Å²) in [5.41, 5.74) is 10.9. The molecule has 4 nitrogen and oxygen atoms in total. The molecule has 0 aromatic rings. The first kappa shape index (κ1) is 9.92. The van der Waals surface area contributed by atoms with Crippen LogP contribution in [-0.4, -0.2) is 38.3 Å². The van der Waals surface area contributed by atoms with Crippen LogP contribution in [0, 0.1) is 0 Å². The molecule has 2 unspecified atom stereocenters. The van der Waals surface area contributed by atoms with Crippen molar-refractivity contribution in [3.05, 3.63) is 0 Å². The van der Waals surface area contributed by atoms with Gasteiger partial charge in [0, 0.05) is 25.2 Å². The Labute approximate surface area is 74.1 Å². The van der Waals surface area contributed by atoms with Crippen LogP contribution in [0.3, 0.4) is 0 Å². The molecule has 0 radical (unpaired) electrons. The predicted molar refractivity (Wildman–Crippen MR) is 50.9 cm³/mol. The van der Waals surface area contributed by atoms with Crippen LogP contribution in [-0.2, 0) is 0 Å². The molecule has 4 heteroatoms. The highest BCUT2D eigenvalue weighted by Crippen LogP contribution is 1.90. The topological polar surface area (TPSA) is 76.1 Å². The van der Waals surface area contributed by atoms with Gasteiger partial charge in [-0.05, 0) is 25.9 Å². The van der Waals surface area contributed by atoms with Crippen LogP contribution in [0.4, 0.5) is 0 Å². The summed E-state index contributed by atoms with van der Waals surface area (Å²) >= 11 is 0. The molecule has 2 saturated heterocycles. The molecular weight excluding hydrogens is 152 g/mol. The maximum Gasteiger partial charge on any atom is 0.0177 e. The average Bonchev–Trinajstić information content (AvgIpc) is 2.63. The maximum absolute atomic E-state index is 5.47. The number of rotatable bonds is 0. The summed E-state index contributed by atoms with van der Waals surface area (Å²) < 4.78 is 0. The largest absolute Gasteiger partial charge is 0.327 e. The van der Waals surface area contributed by atoms with Crippen LogP contribution < -0.4 is 22.1 Å². The lowest BCUT2D eigenvalue weighted by Gasteiger charge is -1.91. The van der Waals surface area contributed by atoms with Crippen molar-refractivity contribution >= 4 is 0 Å². The van der Waals surface area contributed by atoms with Gasteiger partial charge < -0.3 is 22.1 Å². The van der Waals surface area contributed by atoms with E-state index in [0.29, 0.717) is 12.1 Å². The number of nitrogens with one attached hydrogen (secondary N) is 2. The summed E-state index contributed by atoms with van der Waals surface area (Å²) in [5, 5.41) is 6.29. The maximum atomic E-state index is 5.47. The molecule has 72 valence electrons. The van der Waals surface area contributed by atoms with Gasteiger partial charge in [0.15, 0.2) is 0 Å². The molecule has 0 aliphatic carbocycles. The van der Waals surface area contributed by atoms with Crippen molar-refractivity contribution in [1.82, 2.24) is 10.6 Å². The highest BCUT2D eigenvalue weighted by atomic mass is 14.9. The molecule has 6 N–H and O–H groups in total. The van der Waals surface area contributed by atoms with Gasteiger partial charge in [-0.3, -0.25) is 0 Å². The molecule has 0 aromatic carbocycles. The van der Waals surface area contributed by atoms with Crippen LogP contribution in [0.2, 0.25) is 0 Å². The van der Waals surface area contributed by atoms with Crippen molar-refractivity contribution in [2.45, 2.75) is 24.9 Å². The van der Waals surface area contributed by atoms with Gasteiger partial charge in [0.25, 0.3) is 0 Å². The summed E-state index contributed by atoms with van der Waals surface area (Å²) in [5.74, 6) is 0. The number of hydrogen-bond acceptors (Lipinski definition) is 4. The Hall–Kier alpha value is -0.160. The van der Waals surface area contributed by atoms with Crippen molar-refractivity contribution < 1.29 is 0 Å². The predicted octanol–water partition coefficient (Wildman–Crippen LogP) is -1.39. The van der Waals surface area contributed by atoms with Crippen LogP contribution in [0.5, 0.6) is 0 Å². The third-order valence-corrected chi connectivity index (χ3v) is 2.20. The van der Waals surface area contributed by atoms with E-state index in [2.05, 4.69) is 10.6 Å². The van der Waals surface area contributed by atoms with Gasteiger partial charge in [-0.2, -0.15) is 0 Å². The lowest BCUT2D eigenvalue weighted by Crippen LogP contribution is -2.21. The molecule has 0 aromatic heterocycles. The van der Waals surface area contributed by atoms with Gasteiger partial charge in [-0.1, -0.05) is 0 Å². The molecule has 2 heterocycles. The van der Waals surface area contributed by atoms with Crippen molar-refractivity contribution in [3.8, 4) is 0 Å². The molecule has 0 bridgehead atoms. The molecule has 0 spiro atoms.